The van der Waals surface area contributed by atoms with Crippen molar-refractivity contribution < 1.29 is 4.74 Å². The molecule has 1 heterocycles. The lowest BCUT2D eigenvalue weighted by Crippen LogP contribution is -2.28. The molecule has 1 N–H and O–H groups in total. The van der Waals surface area contributed by atoms with E-state index in [1.54, 1.807) is 19.5 Å². The first kappa shape index (κ1) is 13.9. The van der Waals surface area contributed by atoms with Gasteiger partial charge in [-0.1, -0.05) is 27.2 Å². The van der Waals surface area contributed by atoms with Gasteiger partial charge in [-0.25, -0.2) is 4.98 Å². The Kier molecular flexibility index (Phi) is 5.91. The van der Waals surface area contributed by atoms with Crippen LogP contribution in [0.1, 0.15) is 45.3 Å². The molecular weight excluding hydrogens is 214 g/mol. The molecule has 0 saturated carbocycles. The third-order valence-corrected chi connectivity index (χ3v) is 2.92. The van der Waals surface area contributed by atoms with Gasteiger partial charge in [-0.05, 0) is 18.9 Å². The number of methoxy groups -OCH3 is 1. The molecular formula is C13H23N3O. The maximum Gasteiger partial charge on any atom is 0.237 e. The Bertz CT molecular complexity index is 330. The lowest BCUT2D eigenvalue weighted by atomic mass is 9.94. The van der Waals surface area contributed by atoms with Crippen molar-refractivity contribution >= 4 is 0 Å². The normalized spacial score (nSPS) is 14.4. The van der Waals surface area contributed by atoms with Crippen LogP contribution >= 0.6 is 0 Å². The molecule has 96 valence electrons. The van der Waals surface area contributed by atoms with Gasteiger partial charge in [0.25, 0.3) is 0 Å². The Morgan fingerprint density at radius 2 is 2.00 bits per heavy atom. The third kappa shape index (κ3) is 3.66. The van der Waals surface area contributed by atoms with Crippen molar-refractivity contribution in [1.82, 2.24) is 15.3 Å². The minimum Gasteiger partial charge on any atom is -0.480 e. The van der Waals surface area contributed by atoms with E-state index >= 15 is 0 Å². The summed E-state index contributed by atoms with van der Waals surface area (Å²) in [6.45, 7) is 7.46. The van der Waals surface area contributed by atoms with Crippen molar-refractivity contribution in [3.63, 3.8) is 0 Å². The molecule has 0 aliphatic carbocycles. The minimum atomic E-state index is 0.212. The molecule has 0 aromatic carbocycles. The molecule has 17 heavy (non-hydrogen) atoms. The van der Waals surface area contributed by atoms with E-state index in [9.17, 15) is 0 Å². The molecule has 2 atom stereocenters. The van der Waals surface area contributed by atoms with Gasteiger partial charge in [-0.15, -0.1) is 0 Å². The standard InChI is InChI=1S/C13H23N3O/c1-5-7-10(3)11(14-6-2)12-13(17-4)16-9-8-15-12/h8-11,14H,5-7H2,1-4H3. The first-order chi connectivity index (χ1) is 8.24. The summed E-state index contributed by atoms with van der Waals surface area (Å²) < 4.78 is 5.29. The summed E-state index contributed by atoms with van der Waals surface area (Å²) >= 11 is 0. The lowest BCUT2D eigenvalue weighted by molar-refractivity contribution is 0.331. The molecule has 1 rings (SSSR count). The van der Waals surface area contributed by atoms with Gasteiger partial charge >= 0.3 is 0 Å². The summed E-state index contributed by atoms with van der Waals surface area (Å²) in [6, 6.07) is 0.212. The molecule has 1 aromatic heterocycles. The van der Waals surface area contributed by atoms with Crippen LogP contribution in [-0.2, 0) is 0 Å². The fourth-order valence-corrected chi connectivity index (χ4v) is 2.12. The van der Waals surface area contributed by atoms with Crippen LogP contribution in [0.4, 0.5) is 0 Å². The topological polar surface area (TPSA) is 47.0 Å². The highest BCUT2D eigenvalue weighted by Crippen LogP contribution is 2.28. The summed E-state index contributed by atoms with van der Waals surface area (Å²) in [5, 5.41) is 3.48. The van der Waals surface area contributed by atoms with E-state index in [1.165, 1.54) is 6.42 Å². The molecule has 0 fully saturated rings. The van der Waals surface area contributed by atoms with Crippen molar-refractivity contribution in [2.75, 3.05) is 13.7 Å². The number of nitrogens with zero attached hydrogens (tertiary/aromatic N) is 2. The average molecular weight is 237 g/mol. The van der Waals surface area contributed by atoms with Crippen LogP contribution in [0.15, 0.2) is 12.4 Å². The molecule has 0 aliphatic rings. The fourth-order valence-electron chi connectivity index (χ4n) is 2.12. The number of rotatable bonds is 7. The molecule has 0 bridgehead atoms. The summed E-state index contributed by atoms with van der Waals surface area (Å²) in [4.78, 5) is 8.64. The van der Waals surface area contributed by atoms with Crippen molar-refractivity contribution in [3.05, 3.63) is 18.1 Å². The molecule has 1 aromatic rings. The monoisotopic (exact) mass is 237 g/mol. The number of hydrogen-bond donors (Lipinski definition) is 1. The van der Waals surface area contributed by atoms with Crippen molar-refractivity contribution in [2.45, 2.75) is 39.7 Å². The SMILES string of the molecule is CCCC(C)C(NCC)c1nccnc1OC. The highest BCUT2D eigenvalue weighted by Gasteiger charge is 2.23. The van der Waals surface area contributed by atoms with E-state index in [0.29, 0.717) is 11.8 Å². The van der Waals surface area contributed by atoms with Crippen molar-refractivity contribution in [2.24, 2.45) is 5.92 Å². The molecule has 0 amide bonds. The van der Waals surface area contributed by atoms with Crippen LogP contribution in [0.2, 0.25) is 0 Å². The van der Waals surface area contributed by atoms with Gasteiger partial charge in [-0.3, -0.25) is 4.98 Å². The van der Waals surface area contributed by atoms with Gasteiger partial charge in [0.15, 0.2) is 0 Å². The third-order valence-electron chi connectivity index (χ3n) is 2.92. The smallest absolute Gasteiger partial charge is 0.237 e. The molecule has 0 spiro atoms. The van der Waals surface area contributed by atoms with Crippen LogP contribution in [-0.4, -0.2) is 23.6 Å². The Morgan fingerprint density at radius 3 is 2.59 bits per heavy atom. The Labute approximate surface area is 104 Å². The molecule has 0 saturated heterocycles. The van der Waals surface area contributed by atoms with Gasteiger partial charge < -0.3 is 10.1 Å². The molecule has 4 heteroatoms. The zero-order valence-electron chi connectivity index (χ0n) is 11.2. The van der Waals surface area contributed by atoms with E-state index in [-0.39, 0.29) is 6.04 Å². The predicted octanol–water partition coefficient (Wildman–Crippen LogP) is 2.57. The van der Waals surface area contributed by atoms with Crippen LogP contribution in [0.5, 0.6) is 5.88 Å². The highest BCUT2D eigenvalue weighted by molar-refractivity contribution is 5.21. The summed E-state index contributed by atoms with van der Waals surface area (Å²) in [5.74, 6) is 1.15. The van der Waals surface area contributed by atoms with Crippen LogP contribution in [0.3, 0.4) is 0 Å². The lowest BCUT2D eigenvalue weighted by Gasteiger charge is -2.24. The Balaban J connectivity index is 2.95. The van der Waals surface area contributed by atoms with E-state index in [1.807, 2.05) is 0 Å². The number of nitrogens with one attached hydrogen (secondary N) is 1. The first-order valence-electron chi connectivity index (χ1n) is 6.32. The van der Waals surface area contributed by atoms with E-state index in [4.69, 9.17) is 4.74 Å². The van der Waals surface area contributed by atoms with Crippen LogP contribution < -0.4 is 10.1 Å². The number of hydrogen-bond acceptors (Lipinski definition) is 4. The van der Waals surface area contributed by atoms with Gasteiger partial charge in [0.1, 0.15) is 5.69 Å². The quantitative estimate of drug-likeness (QED) is 0.791. The number of aromatic nitrogens is 2. The van der Waals surface area contributed by atoms with Gasteiger partial charge in [-0.2, -0.15) is 0 Å². The largest absolute Gasteiger partial charge is 0.480 e. The fraction of sp³-hybridized carbons (Fsp3) is 0.692. The summed E-state index contributed by atoms with van der Waals surface area (Å²) in [7, 11) is 1.64. The van der Waals surface area contributed by atoms with Crippen molar-refractivity contribution in [1.29, 1.82) is 0 Å². The Morgan fingerprint density at radius 1 is 1.29 bits per heavy atom. The van der Waals surface area contributed by atoms with Gasteiger partial charge in [0, 0.05) is 12.4 Å². The maximum atomic E-state index is 5.29. The molecule has 0 aliphatic heterocycles. The van der Waals surface area contributed by atoms with Gasteiger partial charge in [0.2, 0.25) is 5.88 Å². The molecule has 2 unspecified atom stereocenters. The van der Waals surface area contributed by atoms with Crippen LogP contribution in [0, 0.1) is 5.92 Å². The zero-order valence-corrected chi connectivity index (χ0v) is 11.2. The molecule has 0 radical (unpaired) electrons. The second kappa shape index (κ2) is 7.22. The Hall–Kier alpha value is -1.16. The van der Waals surface area contributed by atoms with Crippen molar-refractivity contribution in [3.8, 4) is 5.88 Å². The second-order valence-electron chi connectivity index (χ2n) is 4.25. The van der Waals surface area contributed by atoms with Gasteiger partial charge in [0.05, 0.1) is 13.2 Å². The number of ether oxygens (including phenoxy) is 1. The average Bonchev–Trinajstić information content (AvgIpc) is 2.36. The zero-order chi connectivity index (χ0) is 12.7. The second-order valence-corrected chi connectivity index (χ2v) is 4.25. The van der Waals surface area contributed by atoms with E-state index in [0.717, 1.165) is 18.7 Å². The summed E-state index contributed by atoms with van der Waals surface area (Å²) in [5.41, 5.74) is 0.915. The minimum absolute atomic E-state index is 0.212. The maximum absolute atomic E-state index is 5.29. The van der Waals surface area contributed by atoms with E-state index in [2.05, 4.69) is 36.1 Å². The van der Waals surface area contributed by atoms with Crippen LogP contribution in [0.25, 0.3) is 0 Å². The first-order valence-corrected chi connectivity index (χ1v) is 6.32. The molecule has 4 nitrogen and oxygen atoms in total. The summed E-state index contributed by atoms with van der Waals surface area (Å²) in [6.07, 6.45) is 5.72. The highest BCUT2D eigenvalue weighted by atomic mass is 16.5. The predicted molar refractivity (Wildman–Crippen MR) is 69.1 cm³/mol. The van der Waals surface area contributed by atoms with E-state index < -0.39 is 0 Å².